The van der Waals surface area contributed by atoms with Crippen molar-refractivity contribution in [2.75, 3.05) is 25.6 Å². The van der Waals surface area contributed by atoms with E-state index < -0.39 is 0 Å². The van der Waals surface area contributed by atoms with Gasteiger partial charge in [0.2, 0.25) is 0 Å². The van der Waals surface area contributed by atoms with Gasteiger partial charge in [-0.1, -0.05) is 25.1 Å². The summed E-state index contributed by atoms with van der Waals surface area (Å²) in [6.07, 6.45) is 0.904. The Morgan fingerprint density at radius 3 is 2.61 bits per heavy atom. The minimum atomic E-state index is -0.250. The molecule has 2 aromatic carbocycles. The first-order valence-corrected chi connectivity index (χ1v) is 7.51. The topological polar surface area (TPSA) is 56.8 Å². The van der Waals surface area contributed by atoms with Crippen LogP contribution in [0, 0.1) is 0 Å². The predicted molar refractivity (Wildman–Crippen MR) is 89.3 cm³/mol. The van der Waals surface area contributed by atoms with E-state index in [1.54, 1.807) is 31.4 Å². The lowest BCUT2D eigenvalue weighted by molar-refractivity contribution is -0.118. The number of anilines is 1. The number of hydrogen-bond donors (Lipinski definition) is 1. The summed E-state index contributed by atoms with van der Waals surface area (Å²) in [6.45, 7) is 2.55. The maximum Gasteiger partial charge on any atom is 0.262 e. The normalized spacial score (nSPS) is 10.0. The van der Waals surface area contributed by atoms with Crippen LogP contribution >= 0.6 is 0 Å². The van der Waals surface area contributed by atoms with Crippen molar-refractivity contribution in [3.8, 4) is 17.2 Å². The van der Waals surface area contributed by atoms with Gasteiger partial charge < -0.3 is 19.5 Å². The van der Waals surface area contributed by atoms with Crippen molar-refractivity contribution in [3.63, 3.8) is 0 Å². The fraction of sp³-hybridized carbons (Fsp3) is 0.278. The number of carbonyl (C=O) groups excluding carboxylic acids is 1. The molecule has 0 bridgehead atoms. The highest BCUT2D eigenvalue weighted by Gasteiger charge is 2.08. The maximum absolute atomic E-state index is 12.0. The first kappa shape index (κ1) is 16.7. The van der Waals surface area contributed by atoms with Gasteiger partial charge in [0.25, 0.3) is 5.91 Å². The molecule has 0 saturated heterocycles. The van der Waals surface area contributed by atoms with E-state index in [0.717, 1.165) is 6.42 Å². The van der Waals surface area contributed by atoms with Crippen LogP contribution in [0.1, 0.15) is 13.3 Å². The van der Waals surface area contributed by atoms with Crippen molar-refractivity contribution in [2.24, 2.45) is 0 Å². The van der Waals surface area contributed by atoms with Crippen molar-refractivity contribution in [1.82, 2.24) is 0 Å². The predicted octanol–water partition coefficient (Wildman–Crippen LogP) is 3.50. The summed E-state index contributed by atoms with van der Waals surface area (Å²) in [7, 11) is 1.58. The fourth-order valence-corrected chi connectivity index (χ4v) is 1.93. The molecule has 2 aromatic rings. The van der Waals surface area contributed by atoms with E-state index in [1.807, 2.05) is 31.2 Å². The van der Waals surface area contributed by atoms with E-state index in [-0.39, 0.29) is 12.5 Å². The van der Waals surface area contributed by atoms with Gasteiger partial charge in [0.05, 0.1) is 19.4 Å². The van der Waals surface area contributed by atoms with Crippen LogP contribution < -0.4 is 19.5 Å². The highest BCUT2D eigenvalue weighted by atomic mass is 16.5. The van der Waals surface area contributed by atoms with E-state index in [0.29, 0.717) is 29.5 Å². The van der Waals surface area contributed by atoms with Crippen LogP contribution in [0.25, 0.3) is 0 Å². The molecule has 0 aliphatic heterocycles. The van der Waals surface area contributed by atoms with Gasteiger partial charge in [-0.2, -0.15) is 0 Å². The number of methoxy groups -OCH3 is 1. The van der Waals surface area contributed by atoms with Gasteiger partial charge in [-0.05, 0) is 30.7 Å². The summed E-state index contributed by atoms with van der Waals surface area (Å²) in [5.74, 6) is 1.67. The number of para-hydroxylation sites is 2. The number of rotatable bonds is 8. The monoisotopic (exact) mass is 315 g/mol. The van der Waals surface area contributed by atoms with Crippen LogP contribution in [-0.2, 0) is 4.79 Å². The molecule has 0 saturated carbocycles. The van der Waals surface area contributed by atoms with E-state index in [9.17, 15) is 4.79 Å². The zero-order chi connectivity index (χ0) is 16.5. The zero-order valence-corrected chi connectivity index (χ0v) is 13.4. The second-order valence-electron chi connectivity index (χ2n) is 4.86. The number of benzene rings is 2. The molecule has 0 aromatic heterocycles. The maximum atomic E-state index is 12.0. The highest BCUT2D eigenvalue weighted by molar-refractivity contribution is 5.93. The SMILES string of the molecule is CCCOc1ccccc1NC(=O)COc1cccc(OC)c1. The van der Waals surface area contributed by atoms with E-state index in [2.05, 4.69) is 5.32 Å². The van der Waals surface area contributed by atoms with E-state index in [1.165, 1.54) is 0 Å². The van der Waals surface area contributed by atoms with Crippen molar-refractivity contribution in [3.05, 3.63) is 48.5 Å². The summed E-state index contributed by atoms with van der Waals surface area (Å²) in [5, 5.41) is 2.80. The molecule has 0 atom stereocenters. The van der Waals surface area contributed by atoms with Gasteiger partial charge in [0.15, 0.2) is 6.61 Å². The first-order chi connectivity index (χ1) is 11.2. The summed E-state index contributed by atoms with van der Waals surface area (Å²) in [4.78, 5) is 12.0. The smallest absolute Gasteiger partial charge is 0.262 e. The lowest BCUT2D eigenvalue weighted by atomic mass is 10.3. The number of ether oxygens (including phenoxy) is 3. The third-order valence-corrected chi connectivity index (χ3v) is 3.03. The van der Waals surface area contributed by atoms with Crippen molar-refractivity contribution in [1.29, 1.82) is 0 Å². The van der Waals surface area contributed by atoms with Crippen LogP contribution in [-0.4, -0.2) is 26.2 Å². The van der Waals surface area contributed by atoms with Crippen molar-refractivity contribution in [2.45, 2.75) is 13.3 Å². The molecule has 5 heteroatoms. The molecule has 122 valence electrons. The Morgan fingerprint density at radius 2 is 1.83 bits per heavy atom. The Hall–Kier alpha value is -2.69. The standard InChI is InChI=1S/C18H21NO4/c1-3-11-22-17-10-5-4-9-16(17)19-18(20)13-23-15-8-6-7-14(12-15)21-2/h4-10,12H,3,11,13H2,1-2H3,(H,19,20). The van der Waals surface area contributed by atoms with Gasteiger partial charge in [0.1, 0.15) is 17.2 Å². The molecular weight excluding hydrogens is 294 g/mol. The Kier molecular flexibility index (Phi) is 6.29. The molecule has 0 fully saturated rings. The lowest BCUT2D eigenvalue weighted by Gasteiger charge is -2.12. The molecule has 1 amide bonds. The largest absolute Gasteiger partial charge is 0.497 e. The summed E-state index contributed by atoms with van der Waals surface area (Å²) in [6, 6.07) is 14.5. The summed E-state index contributed by atoms with van der Waals surface area (Å²) < 4.78 is 16.2. The Labute approximate surface area is 136 Å². The quantitative estimate of drug-likeness (QED) is 0.810. The van der Waals surface area contributed by atoms with Crippen LogP contribution in [0.2, 0.25) is 0 Å². The van der Waals surface area contributed by atoms with Crippen molar-refractivity contribution < 1.29 is 19.0 Å². The Balaban J connectivity index is 1.92. The zero-order valence-electron chi connectivity index (χ0n) is 13.4. The average Bonchev–Trinajstić information content (AvgIpc) is 2.59. The van der Waals surface area contributed by atoms with Crippen LogP contribution in [0.3, 0.4) is 0 Å². The van der Waals surface area contributed by atoms with Crippen LogP contribution in [0.4, 0.5) is 5.69 Å². The molecule has 1 N–H and O–H groups in total. The summed E-state index contributed by atoms with van der Waals surface area (Å²) in [5.41, 5.74) is 0.639. The van der Waals surface area contributed by atoms with Crippen LogP contribution in [0.5, 0.6) is 17.2 Å². The van der Waals surface area contributed by atoms with Crippen LogP contribution in [0.15, 0.2) is 48.5 Å². The number of hydrogen-bond acceptors (Lipinski definition) is 4. The third kappa shape index (κ3) is 5.21. The molecule has 2 rings (SSSR count). The molecule has 0 unspecified atom stereocenters. The minimum absolute atomic E-state index is 0.0880. The highest BCUT2D eigenvalue weighted by Crippen LogP contribution is 2.24. The van der Waals surface area contributed by atoms with Gasteiger partial charge >= 0.3 is 0 Å². The third-order valence-electron chi connectivity index (χ3n) is 3.03. The van der Waals surface area contributed by atoms with Gasteiger partial charge in [0, 0.05) is 6.07 Å². The molecule has 0 aliphatic carbocycles. The van der Waals surface area contributed by atoms with Gasteiger partial charge in [-0.25, -0.2) is 0 Å². The second-order valence-corrected chi connectivity index (χ2v) is 4.86. The van der Waals surface area contributed by atoms with Gasteiger partial charge in [-0.15, -0.1) is 0 Å². The van der Waals surface area contributed by atoms with E-state index in [4.69, 9.17) is 14.2 Å². The second kappa shape index (κ2) is 8.68. The molecular formula is C18H21NO4. The molecule has 5 nitrogen and oxygen atoms in total. The Bertz CT molecular complexity index is 642. The fourth-order valence-electron chi connectivity index (χ4n) is 1.93. The lowest BCUT2D eigenvalue weighted by Crippen LogP contribution is -2.20. The average molecular weight is 315 g/mol. The van der Waals surface area contributed by atoms with Crippen molar-refractivity contribution >= 4 is 11.6 Å². The van der Waals surface area contributed by atoms with E-state index >= 15 is 0 Å². The molecule has 0 heterocycles. The number of amides is 1. The number of nitrogens with one attached hydrogen (secondary N) is 1. The molecule has 23 heavy (non-hydrogen) atoms. The minimum Gasteiger partial charge on any atom is -0.497 e. The Morgan fingerprint density at radius 1 is 1.04 bits per heavy atom. The summed E-state index contributed by atoms with van der Waals surface area (Å²) >= 11 is 0. The molecule has 0 radical (unpaired) electrons. The molecule has 0 spiro atoms. The number of carbonyl (C=O) groups is 1. The first-order valence-electron chi connectivity index (χ1n) is 7.51. The molecule has 0 aliphatic rings. The van der Waals surface area contributed by atoms with Gasteiger partial charge in [-0.3, -0.25) is 4.79 Å².